The number of rotatable bonds is 5. The van der Waals surface area contributed by atoms with Crippen molar-refractivity contribution in [2.45, 2.75) is 78.4 Å². The second-order valence-corrected chi connectivity index (χ2v) is 11.1. The third kappa shape index (κ3) is 5.70. The van der Waals surface area contributed by atoms with E-state index in [0.717, 1.165) is 36.7 Å². The first-order chi connectivity index (χ1) is 16.7. The van der Waals surface area contributed by atoms with Crippen molar-refractivity contribution in [1.29, 1.82) is 0 Å². The van der Waals surface area contributed by atoms with Gasteiger partial charge in [0.2, 0.25) is 0 Å². The minimum Gasteiger partial charge on any atom is -0.257 e. The quantitative estimate of drug-likeness (QED) is 0.232. The van der Waals surface area contributed by atoms with Crippen LogP contribution in [0.1, 0.15) is 63.6 Å². The summed E-state index contributed by atoms with van der Waals surface area (Å²) in [6, 6.07) is 27.8. The highest BCUT2D eigenvalue weighted by Crippen LogP contribution is 2.39. The lowest BCUT2D eigenvalue weighted by atomic mass is 9.81. The maximum absolute atomic E-state index is 3.81. The summed E-state index contributed by atoms with van der Waals surface area (Å²) >= 11 is 0. The Morgan fingerprint density at radius 1 is 0.714 bits per heavy atom. The van der Waals surface area contributed by atoms with Crippen LogP contribution >= 0.6 is 0 Å². The Labute approximate surface area is 211 Å². The van der Waals surface area contributed by atoms with Crippen molar-refractivity contribution in [1.82, 2.24) is 5.01 Å². The normalized spacial score (nSPS) is 16.5. The molecule has 1 aliphatic rings. The van der Waals surface area contributed by atoms with Gasteiger partial charge in [-0.05, 0) is 89.6 Å². The van der Waals surface area contributed by atoms with Crippen molar-refractivity contribution in [3.05, 3.63) is 95.6 Å². The van der Waals surface area contributed by atoms with Gasteiger partial charge in [0.15, 0.2) is 0 Å². The fraction of sp³-hybridized carbons (Fsp3) is 0.387. The zero-order valence-corrected chi connectivity index (χ0v) is 22.2. The van der Waals surface area contributed by atoms with Crippen LogP contribution in [-0.2, 0) is 6.54 Å². The lowest BCUT2D eigenvalue weighted by Gasteiger charge is -2.53. The van der Waals surface area contributed by atoms with Gasteiger partial charge in [0.1, 0.15) is 17.9 Å². The molecule has 1 heterocycles. The topological polar surface area (TPSA) is 30.3 Å². The van der Waals surface area contributed by atoms with Crippen molar-refractivity contribution in [3.8, 4) is 0 Å². The Balaban J connectivity index is 1.93. The minimum absolute atomic E-state index is 0.00258. The van der Waals surface area contributed by atoms with E-state index in [-0.39, 0.29) is 11.1 Å². The molecule has 4 rings (SSSR count). The average molecular weight is 470 g/mol. The van der Waals surface area contributed by atoms with Gasteiger partial charge in [-0.25, -0.2) is 10.6 Å². The van der Waals surface area contributed by atoms with Gasteiger partial charge in [-0.3, -0.25) is 5.01 Å². The number of nitrogens with one attached hydrogen (secondary N) is 2. The summed E-state index contributed by atoms with van der Waals surface area (Å²) in [5.74, 6) is 0.973. The van der Waals surface area contributed by atoms with E-state index in [4.69, 9.17) is 0 Å². The molecule has 3 aromatic carbocycles. The van der Waals surface area contributed by atoms with Crippen LogP contribution in [0.15, 0.2) is 78.9 Å². The van der Waals surface area contributed by atoms with Gasteiger partial charge in [-0.1, -0.05) is 66.7 Å². The van der Waals surface area contributed by atoms with E-state index in [0.29, 0.717) is 0 Å². The predicted octanol–water partition coefficient (Wildman–Crippen LogP) is 7.35. The lowest BCUT2D eigenvalue weighted by Crippen LogP contribution is -2.64. The number of benzene rings is 3. The number of anilines is 2. The molecule has 4 nitrogen and oxygen atoms in total. The van der Waals surface area contributed by atoms with Crippen molar-refractivity contribution in [3.63, 3.8) is 0 Å². The predicted molar refractivity (Wildman–Crippen MR) is 149 cm³/mol. The van der Waals surface area contributed by atoms with E-state index in [1.165, 1.54) is 23.1 Å². The Morgan fingerprint density at radius 2 is 1.17 bits per heavy atom. The summed E-state index contributed by atoms with van der Waals surface area (Å²) in [5, 5.41) is 10.2. The van der Waals surface area contributed by atoms with E-state index < -0.39 is 0 Å². The molecule has 0 bridgehead atoms. The summed E-state index contributed by atoms with van der Waals surface area (Å²) in [7, 11) is 0. The standard InChI is InChI=1S/C31H40N4/c1-24-15-10-12-19-27(24)32-29(33-28-20-13-11-16-25(28)2)34(23-26-17-8-7-9-18-26)35-30(3,4)21-14-22-31(35,5)6/h7-13,15-20H,14,21-23H2,1-6H3,(H,32,33)/p+1. The van der Waals surface area contributed by atoms with Crippen LogP contribution in [-0.4, -0.2) is 26.7 Å². The highest BCUT2D eigenvalue weighted by atomic mass is 15.6. The summed E-state index contributed by atoms with van der Waals surface area (Å²) in [6.07, 6.45) is 3.55. The summed E-state index contributed by atoms with van der Waals surface area (Å²) < 4.78 is 2.45. The van der Waals surface area contributed by atoms with Gasteiger partial charge in [-0.2, -0.15) is 4.68 Å². The average Bonchev–Trinajstić information content (AvgIpc) is 2.80. The maximum atomic E-state index is 3.81. The van der Waals surface area contributed by atoms with E-state index in [9.17, 15) is 0 Å². The van der Waals surface area contributed by atoms with Crippen LogP contribution in [0, 0.1) is 13.8 Å². The molecule has 184 valence electrons. The Kier molecular flexibility index (Phi) is 7.20. The van der Waals surface area contributed by atoms with Crippen LogP contribution in [0.3, 0.4) is 0 Å². The van der Waals surface area contributed by atoms with Crippen LogP contribution in [0.25, 0.3) is 0 Å². The van der Waals surface area contributed by atoms with Crippen molar-refractivity contribution >= 4 is 17.3 Å². The number of hydrogen-bond donors (Lipinski definition) is 2. The molecule has 35 heavy (non-hydrogen) atoms. The van der Waals surface area contributed by atoms with Crippen LogP contribution < -0.4 is 10.6 Å². The maximum Gasteiger partial charge on any atom is 0.378 e. The number of piperidine rings is 1. The van der Waals surface area contributed by atoms with Gasteiger partial charge in [0.05, 0.1) is 11.1 Å². The molecular formula is C31H41N4+. The highest BCUT2D eigenvalue weighted by molar-refractivity contribution is 6.01. The van der Waals surface area contributed by atoms with Crippen LogP contribution in [0.4, 0.5) is 11.4 Å². The lowest BCUT2D eigenvalue weighted by molar-refractivity contribution is -0.738. The first kappa shape index (κ1) is 24.8. The van der Waals surface area contributed by atoms with Gasteiger partial charge in [0.25, 0.3) is 0 Å². The molecule has 4 heteroatoms. The fourth-order valence-corrected chi connectivity index (χ4v) is 5.49. The Hall–Kier alpha value is -3.27. The molecular weight excluding hydrogens is 428 g/mol. The molecule has 0 aromatic heterocycles. The number of hydrazone groups is 1. The number of hydrazine groups is 1. The molecule has 2 N–H and O–H groups in total. The zero-order valence-electron chi connectivity index (χ0n) is 22.2. The number of guanidine groups is 1. The molecule has 0 atom stereocenters. The number of nitrogens with zero attached hydrogens (tertiary/aromatic N) is 2. The molecule has 0 amide bonds. The SMILES string of the molecule is Cc1ccccc1NC(Nc1ccccc1C)=[N+](Cc1ccccc1)N1C(C)(C)CCCC1(C)C. The zero-order chi connectivity index (χ0) is 25.1. The summed E-state index contributed by atoms with van der Waals surface area (Å²) in [5.41, 5.74) is 5.93. The van der Waals surface area contributed by atoms with Crippen LogP contribution in [0.5, 0.6) is 0 Å². The molecule has 1 fully saturated rings. The largest absolute Gasteiger partial charge is 0.378 e. The van der Waals surface area contributed by atoms with E-state index in [1.54, 1.807) is 0 Å². The molecule has 0 aliphatic carbocycles. The number of hydrogen-bond acceptors (Lipinski definition) is 1. The first-order valence-corrected chi connectivity index (χ1v) is 12.8. The van der Waals surface area contributed by atoms with Crippen molar-refractivity contribution in [2.24, 2.45) is 0 Å². The number of aryl methyl sites for hydroxylation is 2. The third-order valence-electron chi connectivity index (χ3n) is 7.19. The molecule has 1 saturated heterocycles. The Morgan fingerprint density at radius 3 is 1.66 bits per heavy atom. The summed E-state index contributed by atoms with van der Waals surface area (Å²) in [4.78, 5) is 0. The van der Waals surface area contributed by atoms with Gasteiger partial charge in [0, 0.05) is 0 Å². The van der Waals surface area contributed by atoms with Gasteiger partial charge >= 0.3 is 5.96 Å². The van der Waals surface area contributed by atoms with E-state index in [1.807, 2.05) is 0 Å². The highest BCUT2D eigenvalue weighted by Gasteiger charge is 2.45. The van der Waals surface area contributed by atoms with E-state index in [2.05, 4.69) is 141 Å². The fourth-order valence-electron chi connectivity index (χ4n) is 5.49. The first-order valence-electron chi connectivity index (χ1n) is 12.8. The molecule has 0 spiro atoms. The third-order valence-corrected chi connectivity index (χ3v) is 7.19. The smallest absolute Gasteiger partial charge is 0.257 e. The van der Waals surface area contributed by atoms with Crippen LogP contribution in [0.2, 0.25) is 0 Å². The molecule has 0 unspecified atom stereocenters. The molecule has 0 saturated carbocycles. The molecule has 1 aliphatic heterocycles. The van der Waals surface area contributed by atoms with E-state index >= 15 is 0 Å². The molecule has 3 aromatic rings. The van der Waals surface area contributed by atoms with Crippen molar-refractivity contribution in [2.75, 3.05) is 10.6 Å². The molecule has 0 radical (unpaired) electrons. The monoisotopic (exact) mass is 469 g/mol. The second-order valence-electron chi connectivity index (χ2n) is 11.1. The van der Waals surface area contributed by atoms with Gasteiger partial charge < -0.3 is 0 Å². The second kappa shape index (κ2) is 10.2. The Bertz CT molecular complexity index is 1110. The van der Waals surface area contributed by atoms with Gasteiger partial charge in [-0.15, -0.1) is 0 Å². The van der Waals surface area contributed by atoms with Crippen molar-refractivity contribution < 1.29 is 4.68 Å². The minimum atomic E-state index is 0.00258. The summed E-state index contributed by atoms with van der Waals surface area (Å²) in [6.45, 7) is 14.6. The number of para-hydroxylation sites is 2.